The van der Waals surface area contributed by atoms with Gasteiger partial charge in [-0.2, -0.15) is 0 Å². The van der Waals surface area contributed by atoms with Gasteiger partial charge in [-0.3, -0.25) is 9.59 Å². The van der Waals surface area contributed by atoms with E-state index in [0.29, 0.717) is 0 Å². The average Bonchev–Trinajstić information content (AvgIpc) is 2.14. The fourth-order valence-electron chi connectivity index (χ4n) is 1.01. The lowest BCUT2D eigenvalue weighted by Gasteiger charge is -2.12. The van der Waals surface area contributed by atoms with Crippen molar-refractivity contribution >= 4 is 21.9 Å². The number of likely N-dealkylation sites (N-methyl/N-ethyl adjacent to an activating group) is 1. The fraction of sp³-hybridized carbons (Fsp3) is 0.750. The Morgan fingerprint density at radius 2 is 1.94 bits per heavy atom. The van der Waals surface area contributed by atoms with E-state index in [2.05, 4.69) is 10.0 Å². The normalized spacial score (nSPS) is 13.1. The molecule has 0 heterocycles. The minimum Gasteiger partial charge on any atom is -0.481 e. The third-order valence-corrected chi connectivity index (χ3v) is 3.34. The predicted octanol–water partition coefficient (Wildman–Crippen LogP) is -1.09. The molecule has 0 aliphatic rings. The molecule has 0 fully saturated rings. The first-order chi connectivity index (χ1) is 7.28. The highest BCUT2D eigenvalue weighted by atomic mass is 32.2. The van der Waals surface area contributed by atoms with Gasteiger partial charge in [0.05, 0.1) is 11.8 Å². The van der Waals surface area contributed by atoms with Gasteiger partial charge in [-0.25, -0.2) is 13.1 Å². The van der Waals surface area contributed by atoms with Gasteiger partial charge in [-0.1, -0.05) is 0 Å². The van der Waals surface area contributed by atoms with Crippen molar-refractivity contribution in [1.82, 2.24) is 10.0 Å². The van der Waals surface area contributed by atoms with Crippen molar-refractivity contribution in [2.45, 2.75) is 25.8 Å². The van der Waals surface area contributed by atoms with Gasteiger partial charge in [-0.15, -0.1) is 0 Å². The zero-order valence-electron chi connectivity index (χ0n) is 9.19. The predicted molar refractivity (Wildman–Crippen MR) is 57.3 cm³/mol. The minimum atomic E-state index is -3.61. The Hall–Kier alpha value is -1.15. The van der Waals surface area contributed by atoms with Gasteiger partial charge in [0, 0.05) is 13.5 Å². The van der Waals surface area contributed by atoms with Crippen molar-refractivity contribution < 1.29 is 23.1 Å². The summed E-state index contributed by atoms with van der Waals surface area (Å²) in [5, 5.41) is 10.6. The van der Waals surface area contributed by atoms with Gasteiger partial charge in [0.1, 0.15) is 0 Å². The topological polar surface area (TPSA) is 113 Å². The van der Waals surface area contributed by atoms with Crippen LogP contribution in [0.5, 0.6) is 0 Å². The molecule has 0 aliphatic carbocycles. The van der Waals surface area contributed by atoms with Crippen LogP contribution in [0.25, 0.3) is 0 Å². The Morgan fingerprint density at radius 1 is 1.38 bits per heavy atom. The maximum Gasteiger partial charge on any atom is 0.303 e. The number of carbonyl (C=O) groups is 2. The van der Waals surface area contributed by atoms with Gasteiger partial charge in [0.25, 0.3) is 0 Å². The van der Waals surface area contributed by atoms with E-state index in [-0.39, 0.29) is 18.6 Å². The second-order valence-electron chi connectivity index (χ2n) is 3.27. The molecule has 3 N–H and O–H groups in total. The summed E-state index contributed by atoms with van der Waals surface area (Å²) in [5.74, 6) is -1.79. The average molecular weight is 252 g/mol. The Labute approximate surface area is 94.3 Å². The molecule has 0 spiro atoms. The number of carboxylic acid groups (broad SMARTS) is 1. The molecule has 1 atom stereocenters. The summed E-state index contributed by atoms with van der Waals surface area (Å²) in [4.78, 5) is 21.2. The van der Waals surface area contributed by atoms with Crippen LogP contribution in [0.1, 0.15) is 19.8 Å². The van der Waals surface area contributed by atoms with Crippen molar-refractivity contribution in [3.05, 3.63) is 0 Å². The molecule has 94 valence electrons. The van der Waals surface area contributed by atoms with E-state index >= 15 is 0 Å². The molecule has 0 aromatic heterocycles. The number of sulfonamides is 1. The van der Waals surface area contributed by atoms with E-state index < -0.39 is 27.9 Å². The van der Waals surface area contributed by atoms with Crippen molar-refractivity contribution in [2.24, 2.45) is 0 Å². The minimum absolute atomic E-state index is 0.0190. The van der Waals surface area contributed by atoms with Crippen LogP contribution in [0.2, 0.25) is 0 Å². The first-order valence-electron chi connectivity index (χ1n) is 4.72. The van der Waals surface area contributed by atoms with Crippen LogP contribution in [-0.4, -0.2) is 44.2 Å². The monoisotopic (exact) mass is 252 g/mol. The number of carboxylic acids is 1. The molecule has 1 amide bonds. The fourth-order valence-corrected chi connectivity index (χ4v) is 2.30. The Bertz CT molecular complexity index is 351. The lowest BCUT2D eigenvalue weighted by molar-refractivity contribution is -0.137. The van der Waals surface area contributed by atoms with Crippen molar-refractivity contribution in [3.63, 3.8) is 0 Å². The van der Waals surface area contributed by atoms with Gasteiger partial charge in [-0.05, 0) is 13.3 Å². The molecule has 0 rings (SSSR count). The second kappa shape index (κ2) is 6.44. The molecular formula is C8H16N2O5S. The number of carbonyl (C=O) groups excluding carboxylic acids is 1. The molecule has 8 heteroatoms. The quantitative estimate of drug-likeness (QED) is 0.532. The molecule has 0 aromatic carbocycles. The van der Waals surface area contributed by atoms with E-state index in [1.54, 1.807) is 0 Å². The molecule has 7 nitrogen and oxygen atoms in total. The lowest BCUT2D eigenvalue weighted by Crippen LogP contribution is -2.44. The number of hydrogen-bond donors (Lipinski definition) is 3. The van der Waals surface area contributed by atoms with E-state index in [0.717, 1.165) is 0 Å². The van der Waals surface area contributed by atoms with E-state index in [4.69, 9.17) is 5.11 Å². The van der Waals surface area contributed by atoms with Crippen LogP contribution < -0.4 is 10.0 Å². The summed E-state index contributed by atoms with van der Waals surface area (Å²) < 4.78 is 24.9. The highest BCUT2D eigenvalue weighted by molar-refractivity contribution is 7.89. The van der Waals surface area contributed by atoms with Crippen LogP contribution >= 0.6 is 0 Å². The van der Waals surface area contributed by atoms with Gasteiger partial charge >= 0.3 is 5.97 Å². The SMILES string of the molecule is CNC(=O)C(C)NS(=O)(=O)CCCC(=O)O. The molecule has 0 aromatic rings. The summed E-state index contributed by atoms with van der Waals surface area (Å²) in [6, 6.07) is -0.861. The molecule has 0 bridgehead atoms. The van der Waals surface area contributed by atoms with Crippen LogP contribution in [0.15, 0.2) is 0 Å². The van der Waals surface area contributed by atoms with Crippen molar-refractivity contribution in [2.75, 3.05) is 12.8 Å². The molecule has 0 saturated heterocycles. The number of aliphatic carboxylic acids is 1. The first-order valence-corrected chi connectivity index (χ1v) is 6.37. The number of rotatable bonds is 7. The standard InChI is InChI=1S/C8H16N2O5S/c1-6(8(13)9-2)10-16(14,15)5-3-4-7(11)12/h6,10H,3-5H2,1-2H3,(H,9,13)(H,11,12). The smallest absolute Gasteiger partial charge is 0.303 e. The first kappa shape index (κ1) is 14.8. The highest BCUT2D eigenvalue weighted by Crippen LogP contribution is 1.96. The zero-order valence-corrected chi connectivity index (χ0v) is 10.0. The third kappa shape index (κ3) is 6.36. The van der Waals surface area contributed by atoms with Crippen LogP contribution in [0.4, 0.5) is 0 Å². The van der Waals surface area contributed by atoms with Crippen LogP contribution in [0, 0.1) is 0 Å². The molecule has 0 aliphatic heterocycles. The summed E-state index contributed by atoms with van der Waals surface area (Å²) in [6.45, 7) is 1.41. The van der Waals surface area contributed by atoms with Crippen molar-refractivity contribution in [1.29, 1.82) is 0 Å². The molecular weight excluding hydrogens is 236 g/mol. The van der Waals surface area contributed by atoms with Crippen LogP contribution in [0.3, 0.4) is 0 Å². The van der Waals surface area contributed by atoms with E-state index in [1.807, 2.05) is 0 Å². The van der Waals surface area contributed by atoms with Gasteiger partial charge in [0.15, 0.2) is 0 Å². The Morgan fingerprint density at radius 3 is 2.38 bits per heavy atom. The summed E-state index contributed by atoms with van der Waals surface area (Å²) in [5.41, 5.74) is 0. The van der Waals surface area contributed by atoms with Gasteiger partial charge < -0.3 is 10.4 Å². The summed E-state index contributed by atoms with van der Waals surface area (Å²) in [7, 11) is -2.21. The third-order valence-electron chi connectivity index (χ3n) is 1.80. The van der Waals surface area contributed by atoms with Crippen LogP contribution in [-0.2, 0) is 19.6 Å². The largest absolute Gasteiger partial charge is 0.481 e. The number of amides is 1. The van der Waals surface area contributed by atoms with E-state index in [9.17, 15) is 18.0 Å². The lowest BCUT2D eigenvalue weighted by atomic mass is 10.3. The Kier molecular flexibility index (Phi) is 5.97. The summed E-state index contributed by atoms with van der Waals surface area (Å²) in [6.07, 6.45) is -0.194. The summed E-state index contributed by atoms with van der Waals surface area (Å²) >= 11 is 0. The maximum atomic E-state index is 11.4. The van der Waals surface area contributed by atoms with Gasteiger partial charge in [0.2, 0.25) is 15.9 Å². The second-order valence-corrected chi connectivity index (χ2v) is 5.14. The molecule has 1 unspecified atom stereocenters. The molecule has 0 saturated carbocycles. The highest BCUT2D eigenvalue weighted by Gasteiger charge is 2.19. The van der Waals surface area contributed by atoms with E-state index in [1.165, 1.54) is 14.0 Å². The van der Waals surface area contributed by atoms with Crippen molar-refractivity contribution in [3.8, 4) is 0 Å². The zero-order chi connectivity index (χ0) is 12.8. The molecule has 0 radical (unpaired) electrons. The number of hydrogen-bond acceptors (Lipinski definition) is 4. The number of nitrogens with one attached hydrogen (secondary N) is 2. The Balaban J connectivity index is 4.15. The maximum absolute atomic E-state index is 11.4. The molecule has 16 heavy (non-hydrogen) atoms.